The van der Waals surface area contributed by atoms with Gasteiger partial charge in [0, 0.05) is 32.8 Å². The van der Waals surface area contributed by atoms with Gasteiger partial charge in [-0.05, 0) is 42.0 Å². The van der Waals surface area contributed by atoms with Crippen molar-refractivity contribution in [2.45, 2.75) is 30.8 Å². The van der Waals surface area contributed by atoms with Crippen LogP contribution in [0.4, 0.5) is 0 Å². The molecule has 0 aromatic heterocycles. The minimum absolute atomic E-state index is 0.368. The van der Waals surface area contributed by atoms with Crippen LogP contribution >= 0.6 is 0 Å². The molecule has 0 radical (unpaired) electrons. The molecule has 1 aromatic carbocycles. The second-order valence-electron chi connectivity index (χ2n) is 5.44. The predicted octanol–water partition coefficient (Wildman–Crippen LogP) is 0.995. The number of ether oxygens (including phenoxy) is 1. The molecule has 0 atom stereocenters. The molecule has 1 aromatic rings. The van der Waals surface area contributed by atoms with Crippen LogP contribution in [0.2, 0.25) is 0 Å². The minimum atomic E-state index is -3.40. The summed E-state index contributed by atoms with van der Waals surface area (Å²) in [5, 5.41) is 3.22. The zero-order valence-corrected chi connectivity index (χ0v) is 12.2. The number of benzene rings is 1. The van der Waals surface area contributed by atoms with Gasteiger partial charge in [0.2, 0.25) is 10.0 Å². The predicted molar refractivity (Wildman–Crippen MR) is 75.7 cm³/mol. The summed E-state index contributed by atoms with van der Waals surface area (Å²) in [6.07, 6.45) is 1.85. The topological polar surface area (TPSA) is 67.4 Å². The van der Waals surface area contributed by atoms with Gasteiger partial charge in [-0.25, -0.2) is 13.1 Å². The second kappa shape index (κ2) is 5.81. The average molecular weight is 296 g/mol. The van der Waals surface area contributed by atoms with Gasteiger partial charge in [-0.2, -0.15) is 0 Å². The largest absolute Gasteiger partial charge is 0.381 e. The average Bonchev–Trinajstić information content (AvgIpc) is 2.94. The van der Waals surface area contributed by atoms with Crippen molar-refractivity contribution in [2.24, 2.45) is 5.92 Å². The van der Waals surface area contributed by atoms with Gasteiger partial charge >= 0.3 is 0 Å². The van der Waals surface area contributed by atoms with Gasteiger partial charge in [0.1, 0.15) is 0 Å². The molecule has 3 rings (SSSR count). The molecule has 5 nitrogen and oxygen atoms in total. The summed E-state index contributed by atoms with van der Waals surface area (Å²) >= 11 is 0. The van der Waals surface area contributed by atoms with E-state index >= 15 is 0 Å². The Labute approximate surface area is 119 Å². The Morgan fingerprint density at radius 2 is 1.95 bits per heavy atom. The first-order valence-corrected chi connectivity index (χ1v) is 8.53. The van der Waals surface area contributed by atoms with Crippen LogP contribution in [0.1, 0.15) is 24.0 Å². The quantitative estimate of drug-likeness (QED) is 0.869. The van der Waals surface area contributed by atoms with Crippen LogP contribution < -0.4 is 10.0 Å². The highest BCUT2D eigenvalue weighted by molar-refractivity contribution is 7.89. The smallest absolute Gasteiger partial charge is 0.240 e. The van der Waals surface area contributed by atoms with E-state index in [1.54, 1.807) is 12.1 Å². The lowest BCUT2D eigenvalue weighted by atomic mass is 10.0. The van der Waals surface area contributed by atoms with Crippen molar-refractivity contribution >= 4 is 10.0 Å². The van der Waals surface area contributed by atoms with Crippen LogP contribution in [0.5, 0.6) is 0 Å². The Morgan fingerprint density at radius 1 is 1.20 bits per heavy atom. The number of fused-ring (bicyclic) bond motifs is 1. The first-order valence-electron chi connectivity index (χ1n) is 7.05. The van der Waals surface area contributed by atoms with Crippen LogP contribution in [0, 0.1) is 5.92 Å². The molecule has 0 spiro atoms. The van der Waals surface area contributed by atoms with E-state index in [1.165, 1.54) is 5.56 Å². The molecule has 0 aliphatic carbocycles. The third-order valence-electron chi connectivity index (χ3n) is 4.02. The zero-order chi connectivity index (χ0) is 14.0. The van der Waals surface area contributed by atoms with Gasteiger partial charge in [-0.15, -0.1) is 0 Å². The van der Waals surface area contributed by atoms with Crippen molar-refractivity contribution in [3.05, 3.63) is 29.3 Å². The van der Waals surface area contributed by atoms with Crippen molar-refractivity contribution in [3.63, 3.8) is 0 Å². The molecule has 0 unspecified atom stereocenters. The summed E-state index contributed by atoms with van der Waals surface area (Å²) in [6, 6.07) is 5.37. The molecular weight excluding hydrogens is 276 g/mol. The van der Waals surface area contributed by atoms with Gasteiger partial charge < -0.3 is 10.1 Å². The monoisotopic (exact) mass is 296 g/mol. The molecule has 0 amide bonds. The van der Waals surface area contributed by atoms with E-state index in [1.807, 2.05) is 6.07 Å². The molecule has 2 aliphatic heterocycles. The molecule has 2 N–H and O–H groups in total. The van der Waals surface area contributed by atoms with Gasteiger partial charge in [-0.3, -0.25) is 0 Å². The Morgan fingerprint density at radius 3 is 2.75 bits per heavy atom. The van der Waals surface area contributed by atoms with Crippen LogP contribution in [-0.2, 0) is 27.8 Å². The highest BCUT2D eigenvalue weighted by Crippen LogP contribution is 2.20. The molecule has 0 bridgehead atoms. The van der Waals surface area contributed by atoms with E-state index in [-0.39, 0.29) is 0 Å². The van der Waals surface area contributed by atoms with Gasteiger partial charge in [0.25, 0.3) is 0 Å². The van der Waals surface area contributed by atoms with Crippen molar-refractivity contribution in [1.82, 2.24) is 10.0 Å². The lowest BCUT2D eigenvalue weighted by molar-refractivity contribution is 0.0678. The third-order valence-corrected chi connectivity index (χ3v) is 5.44. The normalized spacial score (nSPS) is 20.0. The number of nitrogens with one attached hydrogen (secondary N) is 2. The summed E-state index contributed by atoms with van der Waals surface area (Å²) in [7, 11) is -3.40. The number of hydrogen-bond acceptors (Lipinski definition) is 4. The summed E-state index contributed by atoms with van der Waals surface area (Å²) in [6.45, 7) is 3.54. The van der Waals surface area contributed by atoms with Crippen molar-refractivity contribution in [3.8, 4) is 0 Å². The van der Waals surface area contributed by atoms with E-state index in [0.717, 1.165) is 44.7 Å². The van der Waals surface area contributed by atoms with E-state index in [4.69, 9.17) is 4.74 Å². The molecule has 6 heteroatoms. The first kappa shape index (κ1) is 14.0. The number of rotatable bonds is 4. The fourth-order valence-corrected chi connectivity index (χ4v) is 3.87. The van der Waals surface area contributed by atoms with E-state index in [2.05, 4.69) is 10.0 Å². The third kappa shape index (κ3) is 3.03. The minimum Gasteiger partial charge on any atom is -0.381 e. The maximum atomic E-state index is 12.3. The van der Waals surface area contributed by atoms with Crippen LogP contribution in [0.25, 0.3) is 0 Å². The molecule has 20 heavy (non-hydrogen) atoms. The van der Waals surface area contributed by atoms with Gasteiger partial charge in [0.05, 0.1) is 4.90 Å². The van der Waals surface area contributed by atoms with E-state index < -0.39 is 10.0 Å². The Balaban J connectivity index is 1.68. The van der Waals surface area contributed by atoms with Crippen LogP contribution in [0.15, 0.2) is 23.1 Å². The van der Waals surface area contributed by atoms with Crippen molar-refractivity contribution < 1.29 is 13.2 Å². The molecular formula is C14H20N2O3S. The Hall–Kier alpha value is -0.950. The number of sulfonamides is 1. The fourth-order valence-electron chi connectivity index (χ4n) is 2.70. The summed E-state index contributed by atoms with van der Waals surface area (Å²) < 4.78 is 32.6. The lowest BCUT2D eigenvalue weighted by Gasteiger charge is -2.22. The summed E-state index contributed by atoms with van der Waals surface area (Å²) in [5.74, 6) is 0.384. The summed E-state index contributed by atoms with van der Waals surface area (Å²) in [5.41, 5.74) is 2.27. The number of hydrogen-bond donors (Lipinski definition) is 2. The van der Waals surface area contributed by atoms with Crippen molar-refractivity contribution in [1.29, 1.82) is 0 Å². The lowest BCUT2D eigenvalue weighted by Crippen LogP contribution is -2.32. The molecule has 0 saturated carbocycles. The maximum absolute atomic E-state index is 12.3. The molecule has 2 aliphatic rings. The summed E-state index contributed by atoms with van der Waals surface area (Å²) in [4.78, 5) is 0.368. The SMILES string of the molecule is O=S(=O)(NCC1CCOCC1)c1ccc2c(c1)CNC2. The zero-order valence-electron chi connectivity index (χ0n) is 11.4. The highest BCUT2D eigenvalue weighted by Gasteiger charge is 2.20. The van der Waals surface area contributed by atoms with E-state index in [9.17, 15) is 8.42 Å². The fraction of sp³-hybridized carbons (Fsp3) is 0.571. The Bertz CT molecular complexity index is 580. The Kier molecular flexibility index (Phi) is 4.07. The highest BCUT2D eigenvalue weighted by atomic mass is 32.2. The van der Waals surface area contributed by atoms with Gasteiger partial charge in [-0.1, -0.05) is 6.07 Å². The molecule has 1 saturated heterocycles. The molecule has 110 valence electrons. The van der Waals surface area contributed by atoms with Crippen LogP contribution in [-0.4, -0.2) is 28.2 Å². The standard InChI is InChI=1S/C14H20N2O3S/c17-20(18,16-8-11-3-5-19-6-4-11)14-2-1-12-9-15-10-13(12)7-14/h1-2,7,11,15-16H,3-6,8-10H2. The van der Waals surface area contributed by atoms with Crippen molar-refractivity contribution in [2.75, 3.05) is 19.8 Å². The molecule has 2 heterocycles. The van der Waals surface area contributed by atoms with Gasteiger partial charge in [0.15, 0.2) is 0 Å². The van der Waals surface area contributed by atoms with E-state index in [0.29, 0.717) is 17.4 Å². The first-order chi connectivity index (χ1) is 9.65. The second-order valence-corrected chi connectivity index (χ2v) is 7.21. The maximum Gasteiger partial charge on any atom is 0.240 e. The van der Waals surface area contributed by atoms with Crippen LogP contribution in [0.3, 0.4) is 0 Å². The molecule has 1 fully saturated rings.